The topological polar surface area (TPSA) is 57.6 Å². The standard InChI is InChI=1S/C24H20BrNO3/c1-16(22(27)18-10-6-3-7-11-18)24(29)20-14-19(25)12-13-21(20)26(23(24)28)15-17-8-4-2-5-9-17/h2-14,16,29H,15H2,1H3/t16-,24-/m0/s1. The minimum Gasteiger partial charge on any atom is -0.375 e. The molecule has 1 aliphatic heterocycles. The molecule has 29 heavy (non-hydrogen) atoms. The zero-order chi connectivity index (χ0) is 20.6. The molecule has 5 heteroatoms. The lowest BCUT2D eigenvalue weighted by molar-refractivity contribution is -0.139. The number of hydrogen-bond donors (Lipinski definition) is 1. The first-order chi connectivity index (χ1) is 13.9. The molecule has 1 aliphatic rings. The molecule has 0 fully saturated rings. The van der Waals surface area contributed by atoms with Crippen LogP contribution in [0.1, 0.15) is 28.4 Å². The van der Waals surface area contributed by atoms with Crippen molar-refractivity contribution in [2.24, 2.45) is 5.92 Å². The first-order valence-electron chi connectivity index (χ1n) is 9.40. The number of halogens is 1. The van der Waals surface area contributed by atoms with E-state index in [4.69, 9.17) is 0 Å². The number of anilines is 1. The molecule has 0 bridgehead atoms. The second-order valence-electron chi connectivity index (χ2n) is 7.26. The van der Waals surface area contributed by atoms with E-state index in [1.807, 2.05) is 42.5 Å². The molecular weight excluding hydrogens is 430 g/mol. The number of amides is 1. The molecule has 0 saturated carbocycles. The van der Waals surface area contributed by atoms with Crippen LogP contribution in [0.25, 0.3) is 0 Å². The summed E-state index contributed by atoms with van der Waals surface area (Å²) in [5, 5.41) is 11.7. The predicted octanol–water partition coefficient (Wildman–Crippen LogP) is 4.70. The van der Waals surface area contributed by atoms with Crippen LogP contribution in [-0.4, -0.2) is 16.8 Å². The van der Waals surface area contributed by atoms with Crippen molar-refractivity contribution >= 4 is 33.3 Å². The molecule has 0 unspecified atom stereocenters. The number of Topliss-reactive ketones (excluding diaryl/α,β-unsaturated/α-hetero) is 1. The smallest absolute Gasteiger partial charge is 0.264 e. The third kappa shape index (κ3) is 3.30. The molecule has 4 rings (SSSR count). The third-order valence-electron chi connectivity index (χ3n) is 5.49. The van der Waals surface area contributed by atoms with Crippen molar-refractivity contribution in [1.82, 2.24) is 0 Å². The SMILES string of the molecule is C[C@@H](C(=O)c1ccccc1)[C@@]1(O)C(=O)N(Cc2ccccc2)c2ccc(Br)cc21. The van der Waals surface area contributed by atoms with Gasteiger partial charge in [0, 0.05) is 15.6 Å². The fourth-order valence-electron chi connectivity index (χ4n) is 3.86. The van der Waals surface area contributed by atoms with E-state index < -0.39 is 17.4 Å². The molecule has 1 heterocycles. The Balaban J connectivity index is 1.78. The van der Waals surface area contributed by atoms with Crippen LogP contribution in [-0.2, 0) is 16.9 Å². The Morgan fingerprint density at radius 1 is 1.03 bits per heavy atom. The summed E-state index contributed by atoms with van der Waals surface area (Å²) in [6.45, 7) is 1.94. The number of benzene rings is 3. The van der Waals surface area contributed by atoms with Gasteiger partial charge in [-0.2, -0.15) is 0 Å². The molecule has 0 spiro atoms. The quantitative estimate of drug-likeness (QED) is 0.574. The maximum Gasteiger partial charge on any atom is 0.264 e. The van der Waals surface area contributed by atoms with Crippen molar-refractivity contribution in [2.45, 2.75) is 19.1 Å². The highest BCUT2D eigenvalue weighted by Crippen LogP contribution is 2.47. The van der Waals surface area contributed by atoms with Crippen LogP contribution < -0.4 is 4.90 Å². The van der Waals surface area contributed by atoms with Crippen LogP contribution in [0.5, 0.6) is 0 Å². The molecule has 0 radical (unpaired) electrons. The second-order valence-corrected chi connectivity index (χ2v) is 8.17. The molecular formula is C24H20BrNO3. The predicted molar refractivity (Wildman–Crippen MR) is 116 cm³/mol. The molecule has 1 N–H and O–H groups in total. The lowest BCUT2D eigenvalue weighted by atomic mass is 9.79. The molecule has 4 nitrogen and oxygen atoms in total. The second kappa shape index (κ2) is 7.58. The molecule has 146 valence electrons. The van der Waals surface area contributed by atoms with Crippen LogP contribution in [0, 0.1) is 5.92 Å². The Labute approximate surface area is 177 Å². The Hall–Kier alpha value is -2.76. The van der Waals surface area contributed by atoms with Gasteiger partial charge in [0.05, 0.1) is 18.2 Å². The zero-order valence-corrected chi connectivity index (χ0v) is 17.5. The van der Waals surface area contributed by atoms with Gasteiger partial charge in [0.1, 0.15) is 0 Å². The van der Waals surface area contributed by atoms with Crippen molar-refractivity contribution in [1.29, 1.82) is 0 Å². The van der Waals surface area contributed by atoms with Gasteiger partial charge in [-0.1, -0.05) is 83.5 Å². The number of rotatable bonds is 5. The van der Waals surface area contributed by atoms with Gasteiger partial charge in [0.25, 0.3) is 5.91 Å². The lowest BCUT2D eigenvalue weighted by Crippen LogP contribution is -2.47. The van der Waals surface area contributed by atoms with Gasteiger partial charge in [-0.25, -0.2) is 0 Å². The van der Waals surface area contributed by atoms with E-state index in [-0.39, 0.29) is 5.78 Å². The van der Waals surface area contributed by atoms with Gasteiger partial charge >= 0.3 is 0 Å². The van der Waals surface area contributed by atoms with E-state index in [2.05, 4.69) is 15.9 Å². The number of carbonyl (C=O) groups is 2. The Kier molecular flexibility index (Phi) is 5.11. The van der Waals surface area contributed by atoms with Crippen LogP contribution in [0.2, 0.25) is 0 Å². The average molecular weight is 450 g/mol. The number of ketones is 1. The summed E-state index contributed by atoms with van der Waals surface area (Å²) in [6.07, 6.45) is 0. The van der Waals surface area contributed by atoms with E-state index in [9.17, 15) is 14.7 Å². The van der Waals surface area contributed by atoms with Crippen LogP contribution in [0.3, 0.4) is 0 Å². The summed E-state index contributed by atoms with van der Waals surface area (Å²) >= 11 is 3.43. The van der Waals surface area contributed by atoms with Gasteiger partial charge in [-0.3, -0.25) is 9.59 Å². The summed E-state index contributed by atoms with van der Waals surface area (Å²) < 4.78 is 0.739. The molecule has 0 aromatic heterocycles. The van der Waals surface area contributed by atoms with E-state index >= 15 is 0 Å². The fraction of sp³-hybridized carbons (Fsp3) is 0.167. The van der Waals surface area contributed by atoms with Crippen LogP contribution >= 0.6 is 15.9 Å². The van der Waals surface area contributed by atoms with Crippen LogP contribution in [0.4, 0.5) is 5.69 Å². The summed E-state index contributed by atoms with van der Waals surface area (Å²) in [4.78, 5) is 28.1. The maximum atomic E-state index is 13.5. The van der Waals surface area contributed by atoms with E-state index in [1.54, 1.807) is 48.2 Å². The zero-order valence-electron chi connectivity index (χ0n) is 15.9. The van der Waals surface area contributed by atoms with E-state index in [0.29, 0.717) is 23.4 Å². The number of carbonyl (C=O) groups excluding carboxylic acids is 2. The first-order valence-corrected chi connectivity index (χ1v) is 10.2. The minimum atomic E-state index is -1.93. The van der Waals surface area contributed by atoms with Gasteiger partial charge < -0.3 is 10.0 Å². The molecule has 2 atom stereocenters. The number of nitrogens with zero attached hydrogens (tertiary/aromatic N) is 1. The Bertz CT molecular complexity index is 1070. The normalized spacial score (nSPS) is 19.1. The van der Waals surface area contributed by atoms with E-state index in [1.165, 1.54) is 0 Å². The maximum absolute atomic E-state index is 13.5. The van der Waals surface area contributed by atoms with Crippen molar-refractivity contribution in [2.75, 3.05) is 4.90 Å². The van der Waals surface area contributed by atoms with Crippen molar-refractivity contribution in [3.8, 4) is 0 Å². The first kappa shape index (κ1) is 19.6. The molecule has 0 aliphatic carbocycles. The largest absolute Gasteiger partial charge is 0.375 e. The van der Waals surface area contributed by atoms with Gasteiger partial charge in [0.15, 0.2) is 11.4 Å². The molecule has 3 aromatic carbocycles. The summed E-state index contributed by atoms with van der Waals surface area (Å²) in [5.41, 5.74) is 0.558. The third-order valence-corrected chi connectivity index (χ3v) is 5.99. The number of hydrogen-bond acceptors (Lipinski definition) is 3. The summed E-state index contributed by atoms with van der Waals surface area (Å²) in [6, 6.07) is 23.7. The average Bonchev–Trinajstić information content (AvgIpc) is 2.96. The van der Waals surface area contributed by atoms with E-state index in [0.717, 1.165) is 10.0 Å². The lowest BCUT2D eigenvalue weighted by Gasteiger charge is -2.28. The summed E-state index contributed by atoms with van der Waals surface area (Å²) in [7, 11) is 0. The van der Waals surface area contributed by atoms with Crippen LogP contribution in [0.15, 0.2) is 83.3 Å². The fourth-order valence-corrected chi connectivity index (χ4v) is 4.22. The van der Waals surface area contributed by atoms with Crippen molar-refractivity contribution in [3.05, 3.63) is 100 Å². The molecule has 1 amide bonds. The van der Waals surface area contributed by atoms with Crippen molar-refractivity contribution < 1.29 is 14.7 Å². The van der Waals surface area contributed by atoms with Gasteiger partial charge in [0.2, 0.25) is 0 Å². The number of fused-ring (bicyclic) bond motifs is 1. The molecule has 0 saturated heterocycles. The Morgan fingerprint density at radius 3 is 2.31 bits per heavy atom. The van der Waals surface area contributed by atoms with Gasteiger partial charge in [-0.15, -0.1) is 0 Å². The Morgan fingerprint density at radius 2 is 1.66 bits per heavy atom. The van der Waals surface area contributed by atoms with Gasteiger partial charge in [-0.05, 0) is 23.8 Å². The van der Waals surface area contributed by atoms with Crippen molar-refractivity contribution in [3.63, 3.8) is 0 Å². The number of aliphatic hydroxyl groups is 1. The highest BCUT2D eigenvalue weighted by molar-refractivity contribution is 9.10. The molecule has 3 aromatic rings. The minimum absolute atomic E-state index is 0.270. The summed E-state index contributed by atoms with van der Waals surface area (Å²) in [5.74, 6) is -1.69. The highest BCUT2D eigenvalue weighted by Gasteiger charge is 2.55. The highest BCUT2D eigenvalue weighted by atomic mass is 79.9. The monoisotopic (exact) mass is 449 g/mol.